The van der Waals surface area contributed by atoms with E-state index >= 15 is 0 Å². The summed E-state index contributed by atoms with van der Waals surface area (Å²) in [6, 6.07) is 9.01. The molecule has 0 saturated carbocycles. The maximum Gasteiger partial charge on any atom is 0.254 e. The highest BCUT2D eigenvalue weighted by Crippen LogP contribution is 2.44. The molecule has 5 N–H and O–H groups in total. The van der Waals surface area contributed by atoms with Gasteiger partial charge in [-0.05, 0) is 113 Å². The van der Waals surface area contributed by atoms with Crippen LogP contribution in [0.5, 0.6) is 5.88 Å². The van der Waals surface area contributed by atoms with Gasteiger partial charge in [-0.2, -0.15) is 5.10 Å². The van der Waals surface area contributed by atoms with Crippen LogP contribution in [0.3, 0.4) is 0 Å². The molecule has 7 heterocycles. The number of likely N-dealkylation sites (tertiary alicyclic amines) is 2. The zero-order chi connectivity index (χ0) is 57.3. The van der Waals surface area contributed by atoms with E-state index in [1.54, 1.807) is 46.6 Å². The third kappa shape index (κ3) is 13.5. The molecule has 5 aliphatic rings. The largest absolute Gasteiger partial charge is 0.481 e. The Kier molecular flexibility index (Phi) is 19.3. The molecule has 5 atom stereocenters. The molecule has 9 rings (SSSR count). The SMILES string of the molecule is CN[C@H](C)C(=O)N[C@@H](C(=O)N1CCC[C@@H]1C1=NC(C(=O)c2ccc(F)cc2)CS1)C1CCN(C(=O)CCOCCOCCC(=O)NCCn2nc3c(c2OC)-c2cnc(N)c(c2)N2CCC[C@@H]2c2cc(F)ccc2C(=O)N(C)C3)CC1. The normalized spacial score (nSPS) is 19.9. The van der Waals surface area contributed by atoms with Crippen LogP contribution in [0, 0.1) is 17.6 Å². The number of anilines is 2. The number of fused-ring (bicyclic) bond motifs is 8. The Labute approximate surface area is 474 Å². The number of thioether (sulfide) groups is 1. The van der Waals surface area contributed by atoms with Crippen LogP contribution in [0.15, 0.2) is 59.7 Å². The van der Waals surface area contributed by atoms with Crippen LogP contribution >= 0.6 is 11.8 Å². The van der Waals surface area contributed by atoms with Crippen molar-refractivity contribution < 1.29 is 51.8 Å². The van der Waals surface area contributed by atoms with Gasteiger partial charge in [-0.15, -0.1) is 11.8 Å². The lowest BCUT2D eigenvalue weighted by molar-refractivity contribution is -0.140. The van der Waals surface area contributed by atoms with E-state index in [4.69, 9.17) is 30.0 Å². The molecule has 24 heteroatoms. The third-order valence-electron chi connectivity index (χ3n) is 15.9. The molecule has 3 fully saturated rings. The van der Waals surface area contributed by atoms with Crippen molar-refractivity contribution in [1.82, 2.24) is 45.4 Å². The second-order valence-electron chi connectivity index (χ2n) is 21.1. The minimum atomic E-state index is -0.818. The molecule has 5 amide bonds. The van der Waals surface area contributed by atoms with Crippen LogP contribution < -0.4 is 31.3 Å². The minimum Gasteiger partial charge on any atom is -0.481 e. The predicted octanol–water partition coefficient (Wildman–Crippen LogP) is 4.39. The minimum absolute atomic E-state index is 0.0815. The van der Waals surface area contributed by atoms with E-state index in [0.717, 1.165) is 12.8 Å². The summed E-state index contributed by atoms with van der Waals surface area (Å²) in [6.07, 6.45) is 5.85. The van der Waals surface area contributed by atoms with E-state index in [1.807, 2.05) is 6.07 Å². The van der Waals surface area contributed by atoms with Gasteiger partial charge in [-0.3, -0.25) is 33.8 Å². The molecule has 4 aromatic rings. The van der Waals surface area contributed by atoms with Crippen molar-refractivity contribution in [1.29, 1.82) is 0 Å². The van der Waals surface area contributed by atoms with Crippen molar-refractivity contribution in [2.24, 2.45) is 10.9 Å². The number of halogens is 2. The van der Waals surface area contributed by atoms with Crippen molar-refractivity contribution >= 4 is 63.6 Å². The van der Waals surface area contributed by atoms with E-state index in [-0.39, 0.29) is 112 Å². The number of carbonyl (C=O) groups excluding carboxylic acids is 6. The number of nitrogens with two attached hydrogens (primary N) is 1. The van der Waals surface area contributed by atoms with Gasteiger partial charge >= 0.3 is 0 Å². The van der Waals surface area contributed by atoms with Crippen LogP contribution in [0.1, 0.15) is 96.3 Å². The number of piperidine rings is 1. The monoisotopic (exact) mass is 1140 g/mol. The molecule has 2 bridgehead atoms. The first-order valence-electron chi connectivity index (χ1n) is 27.8. The molecule has 2 aromatic carbocycles. The quantitative estimate of drug-likeness (QED) is 0.0668. The number of pyridine rings is 1. The van der Waals surface area contributed by atoms with Gasteiger partial charge in [0.1, 0.15) is 29.5 Å². The number of likely N-dealkylation sites (N-methyl/N-ethyl adjacent to an activating group) is 1. The first-order valence-corrected chi connectivity index (χ1v) is 28.8. The van der Waals surface area contributed by atoms with Crippen molar-refractivity contribution in [3.05, 3.63) is 88.7 Å². The summed E-state index contributed by atoms with van der Waals surface area (Å²) in [5, 5.41) is 14.5. The number of rotatable bonds is 21. The van der Waals surface area contributed by atoms with Crippen LogP contribution in [-0.4, -0.2) is 180 Å². The lowest BCUT2D eigenvalue weighted by Crippen LogP contribution is -2.58. The van der Waals surface area contributed by atoms with Gasteiger partial charge in [-0.25, -0.2) is 18.4 Å². The Morgan fingerprint density at radius 3 is 2.35 bits per heavy atom. The van der Waals surface area contributed by atoms with Crippen molar-refractivity contribution in [3.63, 3.8) is 0 Å². The van der Waals surface area contributed by atoms with E-state index in [1.165, 1.54) is 61.3 Å². The topological polar surface area (TPSA) is 248 Å². The Balaban J connectivity index is 0.706. The number of nitrogen functional groups attached to an aromatic ring is 1. The zero-order valence-corrected chi connectivity index (χ0v) is 47.1. The summed E-state index contributed by atoms with van der Waals surface area (Å²) in [6.45, 7) is 4.99. The molecule has 5 aliphatic heterocycles. The third-order valence-corrected chi connectivity index (χ3v) is 17.0. The molecule has 0 spiro atoms. The number of amides is 5. The molecule has 81 heavy (non-hydrogen) atoms. The Morgan fingerprint density at radius 2 is 1.60 bits per heavy atom. The van der Waals surface area contributed by atoms with Gasteiger partial charge in [0.25, 0.3) is 5.91 Å². The first kappa shape index (κ1) is 58.6. The van der Waals surface area contributed by atoms with Gasteiger partial charge < -0.3 is 55.5 Å². The van der Waals surface area contributed by atoms with E-state index in [2.05, 4.69) is 25.8 Å². The number of ether oxygens (including phenoxy) is 3. The van der Waals surface area contributed by atoms with Crippen molar-refractivity contribution in [2.45, 2.75) is 102 Å². The summed E-state index contributed by atoms with van der Waals surface area (Å²) in [5.41, 5.74) is 10.4. The molecule has 0 radical (unpaired) electrons. The van der Waals surface area contributed by atoms with E-state index < -0.39 is 29.8 Å². The number of nitrogens with one attached hydrogen (secondary N) is 3. The fourth-order valence-corrected chi connectivity index (χ4v) is 12.6. The highest BCUT2D eigenvalue weighted by molar-refractivity contribution is 8.14. The number of ketones is 1. The molecule has 0 aliphatic carbocycles. The number of carbonyl (C=O) groups is 6. The summed E-state index contributed by atoms with van der Waals surface area (Å²) in [7, 11) is 4.89. The number of aromatic nitrogens is 3. The molecule has 21 nitrogen and oxygen atoms in total. The highest BCUT2D eigenvalue weighted by Gasteiger charge is 2.43. The molecule has 3 saturated heterocycles. The predicted molar refractivity (Wildman–Crippen MR) is 301 cm³/mol. The Hall–Kier alpha value is -7.02. The number of Topliss-reactive ketones (excluding diaryl/α,β-unsaturated/α-hetero) is 1. The maximum atomic E-state index is 14.7. The summed E-state index contributed by atoms with van der Waals surface area (Å²) in [4.78, 5) is 97.8. The maximum absolute atomic E-state index is 14.7. The molecule has 434 valence electrons. The van der Waals surface area contributed by atoms with E-state index in [0.29, 0.717) is 114 Å². The number of hydrogen-bond donors (Lipinski definition) is 4. The van der Waals surface area contributed by atoms with E-state index in [9.17, 15) is 37.5 Å². The lowest BCUT2D eigenvalue weighted by atomic mass is 9.88. The zero-order valence-electron chi connectivity index (χ0n) is 46.3. The number of nitrogens with zero attached hydrogens (tertiary/aromatic N) is 8. The molecule has 2 aromatic heterocycles. The molecular formula is C57H72F2N12O9S. The molecule has 1 unspecified atom stereocenters. The lowest BCUT2D eigenvalue weighted by Gasteiger charge is -2.38. The van der Waals surface area contributed by atoms with Crippen molar-refractivity contribution in [2.75, 3.05) is 96.7 Å². The van der Waals surface area contributed by atoms with Gasteiger partial charge in [0, 0.05) is 74.8 Å². The van der Waals surface area contributed by atoms with Crippen LogP contribution in [0.25, 0.3) is 11.1 Å². The van der Waals surface area contributed by atoms with Crippen LogP contribution in [-0.2, 0) is 41.7 Å². The summed E-state index contributed by atoms with van der Waals surface area (Å²) < 4.78 is 47.3. The first-order chi connectivity index (χ1) is 39.1. The highest BCUT2D eigenvalue weighted by atomic mass is 32.2. The fraction of sp³-hybridized carbons (Fsp3) is 0.526. The van der Waals surface area contributed by atoms with Gasteiger partial charge in [0.2, 0.25) is 29.5 Å². The summed E-state index contributed by atoms with van der Waals surface area (Å²) >= 11 is 1.46. The number of methoxy groups -OCH3 is 1. The Morgan fingerprint density at radius 1 is 0.889 bits per heavy atom. The summed E-state index contributed by atoms with van der Waals surface area (Å²) in [5.74, 6) is -1.23. The number of hydrogen-bond acceptors (Lipinski definition) is 16. The number of benzene rings is 2. The smallest absolute Gasteiger partial charge is 0.254 e. The van der Waals surface area contributed by atoms with Gasteiger partial charge in [0.05, 0.1) is 93.2 Å². The fourth-order valence-electron chi connectivity index (χ4n) is 11.4. The second-order valence-corrected chi connectivity index (χ2v) is 22.1. The van der Waals surface area contributed by atoms with Crippen LogP contribution in [0.4, 0.5) is 20.3 Å². The van der Waals surface area contributed by atoms with Gasteiger partial charge in [0.15, 0.2) is 5.78 Å². The van der Waals surface area contributed by atoms with Crippen molar-refractivity contribution in [3.8, 4) is 17.0 Å². The molecular weight excluding hydrogens is 1070 g/mol. The van der Waals surface area contributed by atoms with Crippen LogP contribution in [0.2, 0.25) is 0 Å². The number of aliphatic imine (C=N–C) groups is 1. The standard InChI is InChI=1S/C57H72F2N12O9S/c1-34(61-2)53(75)65-50(56(77)70-21-6-8-45(70)54-64-43(33-81-54)51(74)36-9-11-38(58)12-10-36)35-15-22-68(23-16-35)48(73)18-26-80-28-27-79-25-17-47(72)62-19-24-71-57(78-4)49-37-29-46(52(60)63-31-37)69-20-5-7-44(69)41-30-39(59)13-14-40(41)55(76)67(3)32-42(49)66-71/h9-14,29-31,34-35,43-45,50,61H,5-8,15-28,32-33H2,1-4H3,(H2,60,63)(H,62,72)(H,65,75)/t34-,43?,44-,45-,50-/m1/s1. The van der Waals surface area contributed by atoms with Gasteiger partial charge in [-0.1, -0.05) is 0 Å². The Bertz CT molecular complexity index is 2990. The average molecular weight is 1140 g/mol. The average Bonchev–Trinajstić information content (AvgIpc) is 4.36. The second kappa shape index (κ2) is 26.7.